The Morgan fingerprint density at radius 2 is 1.75 bits per heavy atom. The zero-order chi connectivity index (χ0) is 20.6. The van der Waals surface area contributed by atoms with Crippen LogP contribution in [0.1, 0.15) is 12.0 Å². The van der Waals surface area contributed by atoms with Gasteiger partial charge in [0.15, 0.2) is 11.5 Å². The number of nitrogens with zero attached hydrogens (tertiary/aromatic N) is 1. The third-order valence-corrected chi connectivity index (χ3v) is 4.74. The van der Waals surface area contributed by atoms with E-state index in [0.717, 1.165) is 0 Å². The fourth-order valence-corrected chi connectivity index (χ4v) is 3.36. The van der Waals surface area contributed by atoms with Crippen LogP contribution in [-0.4, -0.2) is 62.1 Å². The summed E-state index contributed by atoms with van der Waals surface area (Å²) in [6.07, 6.45) is 3.03. The number of anilines is 1. The molecule has 0 saturated carbocycles. The molecule has 1 aromatic carbocycles. The molecule has 28 heavy (non-hydrogen) atoms. The Morgan fingerprint density at radius 1 is 1.07 bits per heavy atom. The third kappa shape index (κ3) is 3.56. The smallest absolute Gasteiger partial charge is 0.351 e. The molecule has 3 rings (SSSR count). The van der Waals surface area contributed by atoms with Crippen molar-refractivity contribution in [1.29, 1.82) is 0 Å². The molecule has 2 aliphatic heterocycles. The number of fused-ring (bicyclic) bond motifs is 1. The molecule has 10 heteroatoms. The molecule has 0 fully saturated rings. The van der Waals surface area contributed by atoms with Crippen molar-refractivity contribution in [3.8, 4) is 11.5 Å². The van der Waals surface area contributed by atoms with Crippen molar-refractivity contribution in [1.82, 2.24) is 5.32 Å². The first-order valence-corrected chi connectivity index (χ1v) is 8.35. The standard InChI is InChI=1S/C18H18N2O8/c21-14-6-9-5-13(18(27)28)20(12(9)7-15(14)22)2-1-8-3-10(16(23)24)19-11(4-8)17(25)26/h1,3,6-7,11,13,19,21-22H,2,4-5H2,(H,23,24)(H,25,26)(H,27,28)/b8-1-/t11-,13-/m0/s1. The van der Waals surface area contributed by atoms with Crippen LogP contribution >= 0.6 is 0 Å². The molecule has 0 unspecified atom stereocenters. The third-order valence-electron chi connectivity index (χ3n) is 4.74. The first-order chi connectivity index (χ1) is 13.2. The van der Waals surface area contributed by atoms with Crippen molar-refractivity contribution < 1.29 is 39.9 Å². The summed E-state index contributed by atoms with van der Waals surface area (Å²) in [7, 11) is 0. The average molecular weight is 390 g/mol. The summed E-state index contributed by atoms with van der Waals surface area (Å²) < 4.78 is 0. The Balaban J connectivity index is 1.92. The predicted molar refractivity (Wildman–Crippen MR) is 95.2 cm³/mol. The molecule has 10 nitrogen and oxygen atoms in total. The van der Waals surface area contributed by atoms with Crippen LogP contribution in [0.3, 0.4) is 0 Å². The summed E-state index contributed by atoms with van der Waals surface area (Å²) in [5.74, 6) is -4.33. The van der Waals surface area contributed by atoms with Crippen molar-refractivity contribution in [3.63, 3.8) is 0 Å². The second-order valence-electron chi connectivity index (χ2n) is 6.56. The summed E-state index contributed by atoms with van der Waals surface area (Å²) >= 11 is 0. The summed E-state index contributed by atoms with van der Waals surface area (Å²) in [5, 5.41) is 49.6. The number of carbonyl (C=O) groups is 3. The maximum absolute atomic E-state index is 11.6. The number of phenolic OH excluding ortho intramolecular Hbond substituents is 2. The Labute approximate surface area is 158 Å². The van der Waals surface area contributed by atoms with E-state index in [1.54, 1.807) is 6.08 Å². The molecule has 148 valence electrons. The van der Waals surface area contributed by atoms with Gasteiger partial charge in [-0.05, 0) is 23.3 Å². The Morgan fingerprint density at radius 3 is 2.36 bits per heavy atom. The number of benzene rings is 1. The average Bonchev–Trinajstić information content (AvgIpc) is 2.97. The van der Waals surface area contributed by atoms with Crippen molar-refractivity contribution in [2.24, 2.45) is 0 Å². The summed E-state index contributed by atoms with van der Waals surface area (Å²) in [4.78, 5) is 35.6. The van der Waals surface area contributed by atoms with Gasteiger partial charge in [-0.2, -0.15) is 0 Å². The number of carboxylic acid groups (broad SMARTS) is 3. The quantitative estimate of drug-likeness (QED) is 0.384. The van der Waals surface area contributed by atoms with Gasteiger partial charge < -0.3 is 35.7 Å². The van der Waals surface area contributed by atoms with Crippen LogP contribution in [0, 0.1) is 0 Å². The van der Waals surface area contributed by atoms with E-state index >= 15 is 0 Å². The topological polar surface area (TPSA) is 168 Å². The van der Waals surface area contributed by atoms with Crippen molar-refractivity contribution in [2.75, 3.05) is 11.4 Å². The number of rotatable bonds is 5. The van der Waals surface area contributed by atoms with Crippen LogP contribution in [0.4, 0.5) is 5.69 Å². The highest BCUT2D eigenvalue weighted by Gasteiger charge is 2.35. The number of phenols is 2. The number of allylic oxidation sites excluding steroid dienone is 1. The van der Waals surface area contributed by atoms with Crippen LogP contribution in [0.15, 0.2) is 35.6 Å². The molecule has 0 spiro atoms. The molecule has 1 aromatic rings. The molecule has 0 amide bonds. The lowest BCUT2D eigenvalue weighted by Crippen LogP contribution is -2.41. The minimum atomic E-state index is -1.30. The highest BCUT2D eigenvalue weighted by Crippen LogP contribution is 2.39. The van der Waals surface area contributed by atoms with Gasteiger partial charge in [0.05, 0.1) is 0 Å². The molecular formula is C18H18N2O8. The molecule has 0 bridgehead atoms. The van der Waals surface area contributed by atoms with Crippen molar-refractivity contribution >= 4 is 23.6 Å². The number of hydrogen-bond donors (Lipinski definition) is 6. The monoisotopic (exact) mass is 390 g/mol. The second-order valence-corrected chi connectivity index (χ2v) is 6.56. The van der Waals surface area contributed by atoms with E-state index in [9.17, 15) is 34.8 Å². The van der Waals surface area contributed by atoms with Crippen LogP contribution in [0.2, 0.25) is 0 Å². The van der Waals surface area contributed by atoms with E-state index in [1.165, 1.54) is 23.1 Å². The molecule has 2 heterocycles. The van der Waals surface area contributed by atoms with Gasteiger partial charge in [-0.25, -0.2) is 14.4 Å². The molecule has 0 aliphatic carbocycles. The molecule has 0 radical (unpaired) electrons. The second kappa shape index (κ2) is 7.14. The first kappa shape index (κ1) is 19.1. The van der Waals surface area contributed by atoms with E-state index in [0.29, 0.717) is 16.8 Å². The van der Waals surface area contributed by atoms with Gasteiger partial charge in [0.2, 0.25) is 0 Å². The lowest BCUT2D eigenvalue weighted by Gasteiger charge is -2.25. The fourth-order valence-electron chi connectivity index (χ4n) is 3.36. The van der Waals surface area contributed by atoms with E-state index in [4.69, 9.17) is 5.11 Å². The maximum atomic E-state index is 11.6. The Kier molecular flexibility index (Phi) is 4.87. The summed E-state index contributed by atoms with van der Waals surface area (Å²) in [6.45, 7) is 0.0548. The van der Waals surface area contributed by atoms with Gasteiger partial charge in [0, 0.05) is 31.1 Å². The lowest BCUT2D eigenvalue weighted by atomic mass is 9.99. The molecule has 0 aromatic heterocycles. The Hall–Kier alpha value is -3.69. The Bertz CT molecular complexity index is 920. The summed E-state index contributed by atoms with van der Waals surface area (Å²) in [6, 6.07) is 0.534. The van der Waals surface area contributed by atoms with Crippen LogP contribution in [-0.2, 0) is 20.8 Å². The maximum Gasteiger partial charge on any atom is 0.351 e. The predicted octanol–water partition coefficient (Wildman–Crippen LogP) is 0.255. The van der Waals surface area contributed by atoms with Crippen molar-refractivity contribution in [3.05, 3.63) is 41.1 Å². The molecule has 0 saturated heterocycles. The van der Waals surface area contributed by atoms with Crippen LogP contribution in [0.5, 0.6) is 11.5 Å². The lowest BCUT2D eigenvalue weighted by molar-refractivity contribution is -0.140. The van der Waals surface area contributed by atoms with Gasteiger partial charge in [-0.15, -0.1) is 0 Å². The number of hydrogen-bond acceptors (Lipinski definition) is 7. The largest absolute Gasteiger partial charge is 0.504 e. The van der Waals surface area contributed by atoms with Gasteiger partial charge in [0.1, 0.15) is 17.8 Å². The normalized spacial score (nSPS) is 22.4. The van der Waals surface area contributed by atoms with Gasteiger partial charge in [-0.3, -0.25) is 0 Å². The van der Waals surface area contributed by atoms with E-state index in [2.05, 4.69) is 5.32 Å². The SMILES string of the molecule is O=C(O)C1=C/C(=C/CN2c3cc(O)c(O)cc3C[C@H]2C(=O)O)C[C@@H](C(=O)O)N1. The number of nitrogens with one attached hydrogen (secondary N) is 1. The molecule has 2 atom stereocenters. The van der Waals surface area contributed by atoms with E-state index < -0.39 is 30.0 Å². The molecule has 2 aliphatic rings. The fraction of sp³-hybridized carbons (Fsp3) is 0.278. The first-order valence-electron chi connectivity index (χ1n) is 8.35. The van der Waals surface area contributed by atoms with Crippen LogP contribution in [0.25, 0.3) is 0 Å². The number of aromatic hydroxyl groups is 2. The highest BCUT2D eigenvalue weighted by atomic mass is 16.4. The number of carboxylic acids is 3. The van der Waals surface area contributed by atoms with Gasteiger partial charge in [0.25, 0.3) is 0 Å². The zero-order valence-corrected chi connectivity index (χ0v) is 14.5. The highest BCUT2D eigenvalue weighted by molar-refractivity contribution is 5.89. The van der Waals surface area contributed by atoms with Gasteiger partial charge >= 0.3 is 17.9 Å². The minimum Gasteiger partial charge on any atom is -0.504 e. The summed E-state index contributed by atoms with van der Waals surface area (Å²) in [5.41, 5.74) is 1.16. The van der Waals surface area contributed by atoms with E-state index in [-0.39, 0.29) is 36.6 Å². The zero-order valence-electron chi connectivity index (χ0n) is 14.5. The van der Waals surface area contributed by atoms with Gasteiger partial charge in [-0.1, -0.05) is 6.08 Å². The van der Waals surface area contributed by atoms with E-state index in [1.807, 2.05) is 0 Å². The van der Waals surface area contributed by atoms with Crippen molar-refractivity contribution in [2.45, 2.75) is 24.9 Å². The molecule has 6 N–H and O–H groups in total. The minimum absolute atomic E-state index is 0.0331. The molecular weight excluding hydrogens is 372 g/mol. The number of aliphatic carboxylic acids is 3. The van der Waals surface area contributed by atoms with Crippen LogP contribution < -0.4 is 10.2 Å².